The number of rotatable bonds is 10. The zero-order valence-electron chi connectivity index (χ0n) is 18.2. The van der Waals surface area contributed by atoms with E-state index in [1.807, 2.05) is 35.0 Å². The number of anilines is 2. The number of benzene rings is 2. The third kappa shape index (κ3) is 6.23. The lowest BCUT2D eigenvalue weighted by Gasteiger charge is -2.20. The Bertz CT molecular complexity index is 1240. The van der Waals surface area contributed by atoms with E-state index in [4.69, 9.17) is 16.9 Å². The maximum Gasteiger partial charge on any atom is 0.250 e. The van der Waals surface area contributed by atoms with E-state index in [9.17, 15) is 14.0 Å². The topological polar surface area (TPSA) is 152 Å². The van der Waals surface area contributed by atoms with Crippen LogP contribution in [0.3, 0.4) is 0 Å². The number of hydrogen-bond donors (Lipinski definition) is 6. The van der Waals surface area contributed by atoms with Crippen molar-refractivity contribution in [2.75, 3.05) is 10.6 Å². The summed E-state index contributed by atoms with van der Waals surface area (Å²) in [5, 5.41) is 13.4. The molecule has 1 atom stereocenters. The molecule has 0 saturated carbocycles. The van der Waals surface area contributed by atoms with Crippen LogP contribution in [0.25, 0.3) is 5.69 Å². The molecule has 0 aliphatic carbocycles. The summed E-state index contributed by atoms with van der Waals surface area (Å²) in [4.78, 5) is 27.9. The molecule has 176 valence electrons. The molecule has 0 aliphatic heterocycles. The van der Waals surface area contributed by atoms with E-state index in [0.717, 1.165) is 17.3 Å². The van der Waals surface area contributed by atoms with E-state index in [1.54, 1.807) is 19.4 Å². The van der Waals surface area contributed by atoms with Crippen LogP contribution in [0.4, 0.5) is 15.8 Å². The van der Waals surface area contributed by atoms with E-state index in [1.165, 1.54) is 12.1 Å². The van der Waals surface area contributed by atoms with E-state index in [-0.39, 0.29) is 34.1 Å². The fourth-order valence-corrected chi connectivity index (χ4v) is 3.55. The second kappa shape index (κ2) is 10.7. The summed E-state index contributed by atoms with van der Waals surface area (Å²) in [6.07, 6.45) is 6.75. The van der Waals surface area contributed by atoms with Crippen molar-refractivity contribution in [3.05, 3.63) is 83.2 Å². The number of thiol groups is 1. The van der Waals surface area contributed by atoms with Crippen molar-refractivity contribution in [3.63, 3.8) is 0 Å². The zero-order valence-corrected chi connectivity index (χ0v) is 19.1. The number of carbonyl (C=O) groups excluding carboxylic acids is 2. The number of allylic oxidation sites excluding steroid dienone is 1. The predicted molar refractivity (Wildman–Crippen MR) is 133 cm³/mol. The Labute approximate surface area is 201 Å². The smallest absolute Gasteiger partial charge is 0.250 e. The molecule has 0 radical (unpaired) electrons. The number of amides is 2. The van der Waals surface area contributed by atoms with Gasteiger partial charge in [-0.15, -0.1) is 12.6 Å². The van der Waals surface area contributed by atoms with Crippen molar-refractivity contribution in [1.29, 1.82) is 5.41 Å². The normalized spacial score (nSPS) is 12.1. The first-order valence-electron chi connectivity index (χ1n) is 10.1. The molecular weight excluding hydrogens is 457 g/mol. The average Bonchev–Trinajstić information content (AvgIpc) is 3.29. The first-order chi connectivity index (χ1) is 16.1. The first kappa shape index (κ1) is 24.5. The van der Waals surface area contributed by atoms with Crippen LogP contribution in [-0.4, -0.2) is 33.1 Å². The molecule has 34 heavy (non-hydrogen) atoms. The molecule has 0 fully saturated rings. The molecule has 2 amide bonds. The maximum atomic E-state index is 14.8. The largest absolute Gasteiger partial charge is 0.371 e. The van der Waals surface area contributed by atoms with Crippen LogP contribution in [0.15, 0.2) is 66.2 Å². The van der Waals surface area contributed by atoms with Gasteiger partial charge in [-0.25, -0.2) is 9.37 Å². The Morgan fingerprint density at radius 1 is 1.24 bits per heavy atom. The van der Waals surface area contributed by atoms with Crippen molar-refractivity contribution in [3.8, 4) is 5.69 Å². The molecule has 7 N–H and O–H groups in total. The Morgan fingerprint density at radius 2 is 1.94 bits per heavy atom. The summed E-state index contributed by atoms with van der Waals surface area (Å²) >= 11 is 4.22. The predicted octanol–water partition coefficient (Wildman–Crippen LogP) is 2.84. The van der Waals surface area contributed by atoms with Crippen LogP contribution >= 0.6 is 12.6 Å². The fraction of sp³-hybridized carbons (Fsp3) is 0.130. The number of aromatic nitrogens is 2. The van der Waals surface area contributed by atoms with Gasteiger partial charge in [0.05, 0.1) is 28.3 Å². The number of imidazole rings is 1. The van der Waals surface area contributed by atoms with Gasteiger partial charge in [-0.1, -0.05) is 12.1 Å². The molecule has 0 spiro atoms. The van der Waals surface area contributed by atoms with Gasteiger partial charge in [0.1, 0.15) is 11.9 Å². The van der Waals surface area contributed by atoms with Crippen molar-refractivity contribution in [2.24, 2.45) is 11.5 Å². The highest BCUT2D eigenvalue weighted by molar-refractivity contribution is 7.84. The minimum atomic E-state index is -0.935. The molecule has 0 aliphatic rings. The highest BCUT2D eigenvalue weighted by atomic mass is 32.1. The highest BCUT2D eigenvalue weighted by Gasteiger charge is 2.20. The van der Waals surface area contributed by atoms with Crippen molar-refractivity contribution in [2.45, 2.75) is 19.4 Å². The Hall–Kier alpha value is -4.12. The van der Waals surface area contributed by atoms with Crippen LogP contribution < -0.4 is 22.1 Å². The van der Waals surface area contributed by atoms with Crippen molar-refractivity contribution >= 4 is 41.5 Å². The standard InChI is InChI=1S/C23H24FN7O2S/c1-13(25)8-21(34)30-18-11-19(17(24)10-16(18)22(26)32)29-20(23(27)33)9-14-2-4-15(5-3-14)31-7-6-28-12-31/h2-8,10-12,20,25,29-30,34H,9H2,1H3,(H2,26,32)(H2,27,33)/b21-8-,25-13?/t20-/m1/s1. The van der Waals surface area contributed by atoms with E-state index >= 15 is 0 Å². The number of hydrogen-bond acceptors (Lipinski definition) is 7. The molecule has 1 aromatic heterocycles. The molecule has 0 bridgehead atoms. The fourth-order valence-electron chi connectivity index (χ4n) is 3.23. The minimum Gasteiger partial charge on any atom is -0.371 e. The quantitative estimate of drug-likeness (QED) is 0.194. The summed E-state index contributed by atoms with van der Waals surface area (Å²) < 4.78 is 16.6. The summed E-state index contributed by atoms with van der Waals surface area (Å²) in [6, 6.07) is 8.74. The second-order valence-electron chi connectivity index (χ2n) is 7.52. The molecule has 0 saturated heterocycles. The van der Waals surface area contributed by atoms with Gasteiger partial charge in [-0.2, -0.15) is 0 Å². The second-order valence-corrected chi connectivity index (χ2v) is 8.00. The number of nitrogens with zero attached hydrogens (tertiary/aromatic N) is 2. The lowest BCUT2D eigenvalue weighted by molar-refractivity contribution is -0.118. The van der Waals surface area contributed by atoms with Gasteiger partial charge in [-0.05, 0) is 42.8 Å². The van der Waals surface area contributed by atoms with Gasteiger partial charge in [0.2, 0.25) is 5.91 Å². The minimum absolute atomic E-state index is 0.0564. The number of halogens is 1. The number of primary amides is 2. The summed E-state index contributed by atoms with van der Waals surface area (Å²) in [5.74, 6) is -2.32. The molecule has 3 rings (SSSR count). The van der Waals surface area contributed by atoms with Gasteiger partial charge in [0.25, 0.3) is 5.91 Å². The van der Waals surface area contributed by atoms with Crippen molar-refractivity contribution in [1.82, 2.24) is 9.55 Å². The molecule has 0 unspecified atom stereocenters. The van der Waals surface area contributed by atoms with Crippen LogP contribution in [0.1, 0.15) is 22.8 Å². The lowest BCUT2D eigenvalue weighted by atomic mass is 10.0. The first-order valence-corrected chi connectivity index (χ1v) is 10.6. The molecule has 11 heteroatoms. The van der Waals surface area contributed by atoms with E-state index in [0.29, 0.717) is 0 Å². The summed E-state index contributed by atoms with van der Waals surface area (Å²) in [6.45, 7) is 1.55. The van der Waals surface area contributed by atoms with Crippen molar-refractivity contribution < 1.29 is 14.0 Å². The number of nitrogens with one attached hydrogen (secondary N) is 3. The van der Waals surface area contributed by atoms with Gasteiger partial charge in [-0.3, -0.25) is 9.59 Å². The summed E-state index contributed by atoms with van der Waals surface area (Å²) in [7, 11) is 0. The van der Waals surface area contributed by atoms with Crippen LogP contribution in [-0.2, 0) is 11.2 Å². The van der Waals surface area contributed by atoms with Crippen LogP contribution in [0.2, 0.25) is 0 Å². The van der Waals surface area contributed by atoms with Gasteiger partial charge < -0.3 is 32.1 Å². The highest BCUT2D eigenvalue weighted by Crippen LogP contribution is 2.27. The van der Waals surface area contributed by atoms with Crippen LogP contribution in [0.5, 0.6) is 0 Å². The monoisotopic (exact) mass is 481 g/mol. The number of nitrogens with two attached hydrogens (primary N) is 2. The van der Waals surface area contributed by atoms with Gasteiger partial charge in [0, 0.05) is 30.2 Å². The maximum absolute atomic E-state index is 14.8. The molecule has 9 nitrogen and oxygen atoms in total. The lowest BCUT2D eigenvalue weighted by Crippen LogP contribution is -2.37. The SMILES string of the molecule is CC(=N)/C=C(\S)Nc1cc(N[C@H](Cc2ccc(-n3ccnc3)cc2)C(N)=O)c(F)cc1C(N)=O. The molecule has 2 aromatic carbocycles. The third-order valence-corrected chi connectivity index (χ3v) is 5.08. The average molecular weight is 482 g/mol. The van der Waals surface area contributed by atoms with E-state index < -0.39 is 23.7 Å². The van der Waals surface area contributed by atoms with E-state index in [2.05, 4.69) is 28.2 Å². The zero-order chi connectivity index (χ0) is 24.8. The van der Waals surface area contributed by atoms with Crippen LogP contribution in [0, 0.1) is 11.2 Å². The Morgan fingerprint density at radius 3 is 2.50 bits per heavy atom. The third-order valence-electron chi connectivity index (χ3n) is 4.84. The number of carbonyl (C=O) groups is 2. The molecule has 3 aromatic rings. The Balaban J connectivity index is 1.85. The van der Waals surface area contributed by atoms with Gasteiger partial charge >= 0.3 is 0 Å². The van der Waals surface area contributed by atoms with Gasteiger partial charge in [0.15, 0.2) is 0 Å². The molecular formula is C23H24FN7O2S. The Kier molecular flexibility index (Phi) is 7.69. The molecule has 1 heterocycles. The summed E-state index contributed by atoms with van der Waals surface area (Å²) in [5.41, 5.74) is 12.8.